The molecule has 8 heteroatoms. The van der Waals surface area contributed by atoms with E-state index in [-0.39, 0.29) is 11.4 Å². The summed E-state index contributed by atoms with van der Waals surface area (Å²) in [5, 5.41) is 8.22. The summed E-state index contributed by atoms with van der Waals surface area (Å²) in [7, 11) is 0. The largest absolute Gasteiger partial charge is 0.364 e. The summed E-state index contributed by atoms with van der Waals surface area (Å²) in [5.74, 6) is -0.257. The van der Waals surface area contributed by atoms with E-state index in [1.165, 1.54) is 17.0 Å². The maximum absolute atomic E-state index is 13.4. The van der Waals surface area contributed by atoms with E-state index in [9.17, 15) is 9.18 Å². The Morgan fingerprint density at radius 2 is 2.27 bits per heavy atom. The van der Waals surface area contributed by atoms with Crippen LogP contribution in [0, 0.1) is 5.82 Å². The molecule has 0 aliphatic heterocycles. The number of nitrogens with one attached hydrogen (secondary N) is 1. The predicted octanol–water partition coefficient (Wildman–Crippen LogP) is 3.47. The molecule has 30 heavy (non-hydrogen) atoms. The number of hydrogen-bond acceptors (Lipinski definition) is 6. The summed E-state index contributed by atoms with van der Waals surface area (Å²) in [4.78, 5) is 19.7. The van der Waals surface area contributed by atoms with Gasteiger partial charge in [0.25, 0.3) is 5.56 Å². The molecule has 3 heterocycles. The minimum Gasteiger partial charge on any atom is -0.364 e. The summed E-state index contributed by atoms with van der Waals surface area (Å²) in [6.45, 7) is 1.16. The molecule has 0 fully saturated rings. The van der Waals surface area contributed by atoms with Gasteiger partial charge in [0, 0.05) is 30.1 Å². The number of thiophene rings is 1. The van der Waals surface area contributed by atoms with Crippen LogP contribution in [0.3, 0.4) is 0 Å². The molecule has 0 radical (unpaired) electrons. The van der Waals surface area contributed by atoms with Crippen LogP contribution in [-0.2, 0) is 32.4 Å². The van der Waals surface area contributed by atoms with E-state index in [0.29, 0.717) is 25.6 Å². The van der Waals surface area contributed by atoms with Gasteiger partial charge in [0.15, 0.2) is 0 Å². The minimum atomic E-state index is -0.257. The molecule has 154 valence electrons. The molecule has 0 saturated heterocycles. The lowest BCUT2D eigenvalue weighted by Crippen LogP contribution is -2.34. The summed E-state index contributed by atoms with van der Waals surface area (Å²) >= 11 is 1.62. The Morgan fingerprint density at radius 3 is 3.10 bits per heavy atom. The zero-order chi connectivity index (χ0) is 20.5. The zero-order valence-corrected chi connectivity index (χ0v) is 17.1. The van der Waals surface area contributed by atoms with Crippen LogP contribution in [0.1, 0.15) is 28.1 Å². The predicted molar refractivity (Wildman–Crippen MR) is 113 cm³/mol. The van der Waals surface area contributed by atoms with Gasteiger partial charge in [0.2, 0.25) is 0 Å². The number of rotatable bonds is 6. The van der Waals surface area contributed by atoms with E-state index in [0.717, 1.165) is 46.3 Å². The van der Waals surface area contributed by atoms with Crippen LogP contribution < -0.4 is 10.9 Å². The van der Waals surface area contributed by atoms with Crippen LogP contribution >= 0.6 is 11.3 Å². The zero-order valence-electron chi connectivity index (χ0n) is 16.3. The van der Waals surface area contributed by atoms with Gasteiger partial charge in [0.05, 0.1) is 17.4 Å². The smallest absolute Gasteiger partial charge is 0.262 e. The molecule has 5 rings (SSSR count). The number of nitrogens with zero attached hydrogens (tertiary/aromatic N) is 3. The normalized spacial score (nSPS) is 16.1. The summed E-state index contributed by atoms with van der Waals surface area (Å²) in [6, 6.07) is 8.70. The highest BCUT2D eigenvalue weighted by Crippen LogP contribution is 2.33. The van der Waals surface area contributed by atoms with Gasteiger partial charge < -0.3 is 9.84 Å². The molecule has 0 bridgehead atoms. The molecule has 0 saturated carbocycles. The quantitative estimate of drug-likeness (QED) is 0.513. The number of halogens is 1. The number of aryl methyl sites for hydroxylation is 3. The van der Waals surface area contributed by atoms with Crippen molar-refractivity contribution in [1.82, 2.24) is 20.0 Å². The van der Waals surface area contributed by atoms with Crippen LogP contribution in [0.2, 0.25) is 0 Å². The van der Waals surface area contributed by atoms with Gasteiger partial charge in [-0.3, -0.25) is 9.36 Å². The van der Waals surface area contributed by atoms with E-state index in [1.54, 1.807) is 34.6 Å². The molecule has 6 nitrogen and oxygen atoms in total. The average Bonchev–Trinajstić information content (AvgIpc) is 3.39. The fourth-order valence-corrected chi connectivity index (χ4v) is 5.31. The van der Waals surface area contributed by atoms with Crippen molar-refractivity contribution in [3.63, 3.8) is 0 Å². The number of fused-ring (bicyclic) bond motifs is 3. The second-order valence-corrected chi connectivity index (χ2v) is 8.70. The Morgan fingerprint density at radius 1 is 1.33 bits per heavy atom. The third-order valence-corrected chi connectivity index (χ3v) is 6.79. The first-order valence-corrected chi connectivity index (χ1v) is 10.9. The van der Waals surface area contributed by atoms with E-state index in [2.05, 4.69) is 15.5 Å². The van der Waals surface area contributed by atoms with Crippen LogP contribution in [0.5, 0.6) is 0 Å². The number of hydrogen-bond donors (Lipinski definition) is 1. The molecular weight excluding hydrogens is 403 g/mol. The Bertz CT molecular complexity index is 1230. The molecule has 0 amide bonds. The van der Waals surface area contributed by atoms with Crippen molar-refractivity contribution in [3.8, 4) is 0 Å². The lowest BCUT2D eigenvalue weighted by atomic mass is 9.93. The fourth-order valence-electron chi connectivity index (χ4n) is 4.05. The standard InChI is InChI=1S/C22H21FN4O2S/c23-15-3-1-2-14(10-15)6-8-27-13-25-21-20(22(27)28)18-5-4-16(11-19(18)30-21)24-12-17-7-9-29-26-17/h1-3,7,9-10,13,16,24H,4-6,8,11-12H2. The highest BCUT2D eigenvalue weighted by Gasteiger charge is 2.25. The Balaban J connectivity index is 1.34. The first-order valence-electron chi connectivity index (χ1n) is 10.0. The first kappa shape index (κ1) is 19.1. The fraction of sp³-hybridized carbons (Fsp3) is 0.318. The SMILES string of the molecule is O=c1c2c3c(sc2ncn1CCc1cccc(F)c1)CC(NCc1ccon1)CC3. The van der Waals surface area contributed by atoms with Gasteiger partial charge >= 0.3 is 0 Å². The molecule has 3 aromatic heterocycles. The molecule has 1 unspecified atom stereocenters. The molecule has 1 aliphatic carbocycles. The number of aromatic nitrogens is 3. The van der Waals surface area contributed by atoms with Gasteiger partial charge in [-0.15, -0.1) is 11.3 Å². The van der Waals surface area contributed by atoms with Gasteiger partial charge in [-0.2, -0.15) is 0 Å². The highest BCUT2D eigenvalue weighted by molar-refractivity contribution is 7.18. The third-order valence-electron chi connectivity index (χ3n) is 5.63. The Labute approximate surface area is 176 Å². The minimum absolute atomic E-state index is 0.00269. The highest BCUT2D eigenvalue weighted by atomic mass is 32.1. The Kier molecular flexibility index (Phi) is 5.18. The molecule has 1 N–H and O–H groups in total. The van der Waals surface area contributed by atoms with Crippen molar-refractivity contribution in [2.75, 3.05) is 0 Å². The maximum Gasteiger partial charge on any atom is 0.262 e. The topological polar surface area (TPSA) is 73.0 Å². The molecular formula is C22H21FN4O2S. The average molecular weight is 425 g/mol. The monoisotopic (exact) mass is 424 g/mol. The van der Waals surface area contributed by atoms with Crippen molar-refractivity contribution in [2.24, 2.45) is 0 Å². The van der Waals surface area contributed by atoms with Gasteiger partial charge in [-0.1, -0.05) is 17.3 Å². The van der Waals surface area contributed by atoms with Gasteiger partial charge in [-0.25, -0.2) is 9.37 Å². The first-order chi connectivity index (χ1) is 14.7. The number of benzene rings is 1. The molecule has 1 aromatic carbocycles. The van der Waals surface area contributed by atoms with Crippen molar-refractivity contribution in [1.29, 1.82) is 0 Å². The lowest BCUT2D eigenvalue weighted by molar-refractivity contribution is 0.399. The summed E-state index contributed by atoms with van der Waals surface area (Å²) in [5.41, 5.74) is 2.91. The van der Waals surface area contributed by atoms with Crippen LogP contribution in [0.25, 0.3) is 10.2 Å². The van der Waals surface area contributed by atoms with Crippen LogP contribution in [0.15, 0.2) is 52.2 Å². The second-order valence-electron chi connectivity index (χ2n) is 7.62. The molecule has 4 aromatic rings. The van der Waals surface area contributed by atoms with Crippen molar-refractivity contribution >= 4 is 21.6 Å². The molecule has 1 atom stereocenters. The van der Waals surface area contributed by atoms with E-state index >= 15 is 0 Å². The lowest BCUT2D eigenvalue weighted by Gasteiger charge is -2.23. The molecule has 0 spiro atoms. The van der Waals surface area contributed by atoms with E-state index < -0.39 is 0 Å². The van der Waals surface area contributed by atoms with Crippen molar-refractivity contribution in [2.45, 2.75) is 44.8 Å². The third kappa shape index (κ3) is 3.80. The van der Waals surface area contributed by atoms with Crippen LogP contribution in [-0.4, -0.2) is 20.7 Å². The summed E-state index contributed by atoms with van der Waals surface area (Å²) in [6.07, 6.45) is 6.49. The van der Waals surface area contributed by atoms with Gasteiger partial charge in [0.1, 0.15) is 16.9 Å². The van der Waals surface area contributed by atoms with Crippen LogP contribution in [0.4, 0.5) is 4.39 Å². The van der Waals surface area contributed by atoms with E-state index in [4.69, 9.17) is 4.52 Å². The Hall–Kier alpha value is -2.84. The van der Waals surface area contributed by atoms with Gasteiger partial charge in [-0.05, 0) is 48.9 Å². The molecule has 1 aliphatic rings. The second kappa shape index (κ2) is 8.12. The summed E-state index contributed by atoms with van der Waals surface area (Å²) < 4.78 is 19.9. The maximum atomic E-state index is 13.4. The van der Waals surface area contributed by atoms with Crippen molar-refractivity contribution < 1.29 is 8.91 Å². The van der Waals surface area contributed by atoms with Crippen molar-refractivity contribution in [3.05, 3.63) is 80.8 Å². The van der Waals surface area contributed by atoms with E-state index in [1.807, 2.05) is 12.1 Å².